The summed E-state index contributed by atoms with van der Waals surface area (Å²) in [6, 6.07) is 12.8. The van der Waals surface area contributed by atoms with E-state index in [0.29, 0.717) is 0 Å². The average Bonchev–Trinajstić information content (AvgIpc) is 2.96. The van der Waals surface area contributed by atoms with Crippen LogP contribution in [0.25, 0.3) is 0 Å². The summed E-state index contributed by atoms with van der Waals surface area (Å²) in [5, 5.41) is 11.0. The van der Waals surface area contributed by atoms with Gasteiger partial charge in [-0.05, 0) is 17.0 Å². The van der Waals surface area contributed by atoms with E-state index in [1.807, 2.05) is 47.8 Å². The summed E-state index contributed by atoms with van der Waals surface area (Å²) in [7, 11) is 0. The molecule has 1 N–H and O–H groups in total. The molecule has 0 radical (unpaired) electrons. The molecule has 2 rings (SSSR count). The molecule has 0 aliphatic carbocycles. The number of ether oxygens (including phenoxy) is 1. The summed E-state index contributed by atoms with van der Waals surface area (Å²) >= 11 is 1.43. The van der Waals surface area contributed by atoms with Gasteiger partial charge in [-0.25, -0.2) is 0 Å². The van der Waals surface area contributed by atoms with Gasteiger partial charge in [0.15, 0.2) is 5.92 Å². The Morgan fingerprint density at radius 2 is 1.90 bits per heavy atom. The van der Waals surface area contributed by atoms with Crippen LogP contribution in [0.15, 0.2) is 47.8 Å². The van der Waals surface area contributed by atoms with Crippen molar-refractivity contribution >= 4 is 23.3 Å². The monoisotopic (exact) mass is 290 g/mol. The first-order valence-corrected chi connectivity index (χ1v) is 7.00. The van der Waals surface area contributed by atoms with Crippen molar-refractivity contribution in [3.05, 3.63) is 58.3 Å². The minimum atomic E-state index is -1.16. The third-order valence-electron chi connectivity index (χ3n) is 2.79. The van der Waals surface area contributed by atoms with Crippen LogP contribution < -0.4 is 0 Å². The molecule has 5 heteroatoms. The summed E-state index contributed by atoms with van der Waals surface area (Å²) in [4.78, 5) is 23.9. The highest BCUT2D eigenvalue weighted by Crippen LogP contribution is 2.16. The molecule has 104 valence electrons. The van der Waals surface area contributed by atoms with Crippen molar-refractivity contribution in [2.24, 2.45) is 5.92 Å². The van der Waals surface area contributed by atoms with Crippen molar-refractivity contribution in [3.63, 3.8) is 0 Å². The fourth-order valence-corrected chi connectivity index (χ4v) is 2.48. The number of benzene rings is 1. The second-order valence-electron chi connectivity index (χ2n) is 4.27. The van der Waals surface area contributed by atoms with E-state index in [0.717, 1.165) is 10.4 Å². The lowest BCUT2D eigenvalue weighted by molar-refractivity contribution is -0.159. The summed E-state index contributed by atoms with van der Waals surface area (Å²) in [5.41, 5.74) is 0.834. The van der Waals surface area contributed by atoms with E-state index in [1.54, 1.807) is 0 Å². The van der Waals surface area contributed by atoms with Crippen LogP contribution in [-0.2, 0) is 27.4 Å². The van der Waals surface area contributed by atoms with Gasteiger partial charge < -0.3 is 9.84 Å². The summed E-state index contributed by atoms with van der Waals surface area (Å²) in [5.74, 6) is -3.01. The van der Waals surface area contributed by atoms with E-state index in [9.17, 15) is 9.59 Å². The Bertz CT molecular complexity index is 563. The standard InChI is InChI=1S/C15H14O4S/c16-14(17)13(9-12-7-4-8-20-12)15(18)19-10-11-5-2-1-3-6-11/h1-8,13H,9-10H2,(H,16,17)/t13-/m1/s1. The molecule has 0 saturated heterocycles. The molecule has 4 nitrogen and oxygen atoms in total. The Labute approximate surface area is 120 Å². The van der Waals surface area contributed by atoms with Crippen molar-refractivity contribution in [2.75, 3.05) is 0 Å². The van der Waals surface area contributed by atoms with Crippen molar-refractivity contribution in [1.82, 2.24) is 0 Å². The number of esters is 1. The molecule has 0 saturated carbocycles. The van der Waals surface area contributed by atoms with Gasteiger partial charge in [0.25, 0.3) is 0 Å². The topological polar surface area (TPSA) is 63.6 Å². The smallest absolute Gasteiger partial charge is 0.321 e. The second-order valence-corrected chi connectivity index (χ2v) is 5.30. The molecule has 0 aliphatic rings. The zero-order chi connectivity index (χ0) is 14.4. The summed E-state index contributed by atoms with van der Waals surface area (Å²) in [6.07, 6.45) is 0.167. The van der Waals surface area contributed by atoms with Crippen LogP contribution in [-0.4, -0.2) is 17.0 Å². The first-order valence-electron chi connectivity index (χ1n) is 6.12. The number of hydrogen-bond donors (Lipinski definition) is 1. The van der Waals surface area contributed by atoms with Gasteiger partial charge in [-0.2, -0.15) is 0 Å². The molecular weight excluding hydrogens is 276 g/mol. The third kappa shape index (κ3) is 3.93. The molecule has 20 heavy (non-hydrogen) atoms. The fraction of sp³-hybridized carbons (Fsp3) is 0.200. The van der Waals surface area contributed by atoms with Crippen molar-refractivity contribution in [1.29, 1.82) is 0 Å². The van der Waals surface area contributed by atoms with Gasteiger partial charge >= 0.3 is 11.9 Å². The van der Waals surface area contributed by atoms with Crippen LogP contribution in [0.4, 0.5) is 0 Å². The first kappa shape index (κ1) is 14.3. The summed E-state index contributed by atoms with van der Waals surface area (Å²) < 4.78 is 5.09. The van der Waals surface area contributed by atoms with Crippen LogP contribution in [0.5, 0.6) is 0 Å². The molecule has 0 aliphatic heterocycles. The highest BCUT2D eigenvalue weighted by atomic mass is 32.1. The van der Waals surface area contributed by atoms with Crippen molar-refractivity contribution in [2.45, 2.75) is 13.0 Å². The Balaban J connectivity index is 1.95. The minimum absolute atomic E-state index is 0.0912. The quantitative estimate of drug-likeness (QED) is 0.656. The maximum absolute atomic E-state index is 11.9. The van der Waals surface area contributed by atoms with Crippen LogP contribution in [0.3, 0.4) is 0 Å². The minimum Gasteiger partial charge on any atom is -0.481 e. The van der Waals surface area contributed by atoms with E-state index < -0.39 is 17.9 Å². The largest absolute Gasteiger partial charge is 0.481 e. The normalized spacial score (nSPS) is 11.8. The van der Waals surface area contributed by atoms with Gasteiger partial charge in [-0.3, -0.25) is 9.59 Å². The number of carbonyl (C=O) groups is 2. The highest BCUT2D eigenvalue weighted by molar-refractivity contribution is 7.09. The summed E-state index contributed by atoms with van der Waals surface area (Å²) in [6.45, 7) is 0.0912. The number of rotatable bonds is 6. The van der Waals surface area contributed by atoms with Crippen LogP contribution in [0, 0.1) is 5.92 Å². The van der Waals surface area contributed by atoms with E-state index >= 15 is 0 Å². The van der Waals surface area contributed by atoms with Gasteiger partial charge in [0.05, 0.1) is 0 Å². The number of carboxylic acid groups (broad SMARTS) is 1. The number of aliphatic carboxylic acids is 1. The number of carboxylic acids is 1. The molecular formula is C15H14O4S. The molecule has 1 aromatic heterocycles. The zero-order valence-corrected chi connectivity index (χ0v) is 11.5. The lowest BCUT2D eigenvalue weighted by atomic mass is 10.1. The lowest BCUT2D eigenvalue weighted by Gasteiger charge is -2.11. The average molecular weight is 290 g/mol. The van der Waals surface area contributed by atoms with Crippen LogP contribution in [0.2, 0.25) is 0 Å². The molecule has 0 fully saturated rings. The highest BCUT2D eigenvalue weighted by Gasteiger charge is 2.28. The van der Waals surface area contributed by atoms with E-state index in [1.165, 1.54) is 11.3 Å². The fourth-order valence-electron chi connectivity index (χ4n) is 1.73. The predicted molar refractivity (Wildman–Crippen MR) is 75.4 cm³/mol. The molecule has 0 unspecified atom stereocenters. The molecule has 1 atom stereocenters. The third-order valence-corrected chi connectivity index (χ3v) is 3.69. The Morgan fingerprint density at radius 3 is 2.50 bits per heavy atom. The van der Waals surface area contributed by atoms with Gasteiger partial charge in [0.1, 0.15) is 6.61 Å². The predicted octanol–water partition coefficient (Wildman–Crippen LogP) is 2.73. The molecule has 2 aromatic rings. The van der Waals surface area contributed by atoms with E-state index in [4.69, 9.17) is 9.84 Å². The van der Waals surface area contributed by atoms with Crippen LogP contribution >= 0.6 is 11.3 Å². The Hall–Kier alpha value is -2.14. The van der Waals surface area contributed by atoms with Gasteiger partial charge in [-0.1, -0.05) is 36.4 Å². The maximum Gasteiger partial charge on any atom is 0.321 e. The lowest BCUT2D eigenvalue weighted by Crippen LogP contribution is -2.27. The van der Waals surface area contributed by atoms with Gasteiger partial charge in [-0.15, -0.1) is 11.3 Å². The Kier molecular flexibility index (Phi) is 4.90. The molecule has 1 aromatic carbocycles. The number of carbonyl (C=O) groups excluding carboxylic acids is 1. The Morgan fingerprint density at radius 1 is 1.15 bits per heavy atom. The number of thiophene rings is 1. The number of hydrogen-bond acceptors (Lipinski definition) is 4. The SMILES string of the molecule is O=C(O)[C@@H](Cc1cccs1)C(=O)OCc1ccccc1. The van der Waals surface area contributed by atoms with Crippen LogP contribution in [0.1, 0.15) is 10.4 Å². The molecule has 1 heterocycles. The van der Waals surface area contributed by atoms with Gasteiger partial charge in [0.2, 0.25) is 0 Å². The molecule has 0 bridgehead atoms. The van der Waals surface area contributed by atoms with Gasteiger partial charge in [0, 0.05) is 11.3 Å². The first-order chi connectivity index (χ1) is 9.66. The van der Waals surface area contributed by atoms with Crippen molar-refractivity contribution in [3.8, 4) is 0 Å². The van der Waals surface area contributed by atoms with Crippen molar-refractivity contribution < 1.29 is 19.4 Å². The second kappa shape index (κ2) is 6.86. The maximum atomic E-state index is 11.9. The molecule has 0 spiro atoms. The van der Waals surface area contributed by atoms with E-state index in [-0.39, 0.29) is 13.0 Å². The molecule has 0 amide bonds. The zero-order valence-electron chi connectivity index (χ0n) is 10.7. The van der Waals surface area contributed by atoms with E-state index in [2.05, 4.69) is 0 Å².